The molecule has 28 heavy (non-hydrogen) atoms. The number of carbonyl (C=O) groups is 2. The molecule has 0 saturated heterocycles. The Kier molecular flexibility index (Phi) is 6.19. The molecule has 0 aliphatic rings. The van der Waals surface area contributed by atoms with Crippen molar-refractivity contribution in [1.29, 1.82) is 0 Å². The average Bonchev–Trinajstić information content (AvgIpc) is 2.68. The topological polar surface area (TPSA) is 70.2 Å². The second-order valence-electron chi connectivity index (χ2n) is 6.06. The molecule has 0 aliphatic heterocycles. The molecule has 142 valence electrons. The van der Waals surface area contributed by atoms with E-state index in [1.54, 1.807) is 24.3 Å². The Morgan fingerprint density at radius 3 is 2.43 bits per heavy atom. The van der Waals surface area contributed by atoms with E-state index < -0.39 is 0 Å². The number of hydrogen-bond donors (Lipinski definition) is 3. The van der Waals surface area contributed by atoms with Crippen molar-refractivity contribution in [3.63, 3.8) is 0 Å². The second kappa shape index (κ2) is 8.78. The Bertz CT molecular complexity index is 1060. The van der Waals surface area contributed by atoms with Crippen LogP contribution in [0.4, 0.5) is 5.69 Å². The lowest BCUT2D eigenvalue weighted by atomic mass is 10.0. The minimum atomic E-state index is -0.317. The number of rotatable bonds is 6. The van der Waals surface area contributed by atoms with Crippen LogP contribution in [0.25, 0.3) is 10.8 Å². The summed E-state index contributed by atoms with van der Waals surface area (Å²) in [6.45, 7) is 3.76. The van der Waals surface area contributed by atoms with E-state index in [2.05, 4.69) is 22.7 Å². The Balaban J connectivity index is 1.55. The number of carbonyl (C=O) groups excluding carboxylic acids is 2. The van der Waals surface area contributed by atoms with Crippen molar-refractivity contribution in [3.05, 3.63) is 88.5 Å². The van der Waals surface area contributed by atoms with Crippen LogP contribution in [-0.4, -0.2) is 11.8 Å². The zero-order chi connectivity index (χ0) is 20.1. The summed E-state index contributed by atoms with van der Waals surface area (Å²) in [7, 11) is 0. The van der Waals surface area contributed by atoms with Gasteiger partial charge in [0.05, 0.1) is 16.5 Å². The summed E-state index contributed by atoms with van der Waals surface area (Å²) < 4.78 is 0. The number of fused-ring (bicyclic) bond motifs is 1. The summed E-state index contributed by atoms with van der Waals surface area (Å²) in [6.07, 6.45) is -0.0317. The van der Waals surface area contributed by atoms with Crippen LogP contribution in [0.2, 0.25) is 10.0 Å². The zero-order valence-electron chi connectivity index (χ0n) is 14.8. The van der Waals surface area contributed by atoms with Crippen molar-refractivity contribution < 1.29 is 9.59 Å². The van der Waals surface area contributed by atoms with Crippen molar-refractivity contribution in [1.82, 2.24) is 10.9 Å². The maximum Gasteiger partial charge on any atom is 0.270 e. The van der Waals surface area contributed by atoms with Gasteiger partial charge in [-0.15, -0.1) is 0 Å². The minimum Gasteiger partial charge on any atom is -0.326 e. The standard InChI is InChI=1S/C21H17Cl2N3O2/c1-13(11-20(27)24-15-9-10-18(22)19(23)12-15)25-26-21(28)17-8-4-6-14-5-2-3-7-16(14)17/h2-10,12,25H,1,11H2,(H,24,27)(H,26,28). The molecule has 2 amide bonds. The highest BCUT2D eigenvalue weighted by molar-refractivity contribution is 6.42. The van der Waals surface area contributed by atoms with E-state index in [4.69, 9.17) is 23.2 Å². The lowest BCUT2D eigenvalue weighted by Gasteiger charge is -2.12. The molecule has 0 fully saturated rings. The first kappa shape index (κ1) is 19.7. The van der Waals surface area contributed by atoms with Gasteiger partial charge >= 0.3 is 0 Å². The Hall–Kier alpha value is -3.02. The van der Waals surface area contributed by atoms with Gasteiger partial charge in [-0.2, -0.15) is 0 Å². The average molecular weight is 414 g/mol. The molecule has 0 heterocycles. The van der Waals surface area contributed by atoms with Gasteiger partial charge in [-0.05, 0) is 35.0 Å². The third-order valence-electron chi connectivity index (χ3n) is 3.96. The molecule has 5 nitrogen and oxygen atoms in total. The summed E-state index contributed by atoms with van der Waals surface area (Å²) >= 11 is 11.8. The van der Waals surface area contributed by atoms with E-state index >= 15 is 0 Å². The quantitative estimate of drug-likeness (QED) is 0.502. The van der Waals surface area contributed by atoms with Crippen molar-refractivity contribution in [2.75, 3.05) is 5.32 Å². The number of hydrazine groups is 1. The molecule has 0 radical (unpaired) electrons. The van der Waals surface area contributed by atoms with Gasteiger partial charge in [-0.25, -0.2) is 0 Å². The number of nitrogens with one attached hydrogen (secondary N) is 3. The van der Waals surface area contributed by atoms with Crippen molar-refractivity contribution in [2.24, 2.45) is 0 Å². The molecule has 3 rings (SSSR count). The van der Waals surface area contributed by atoms with E-state index in [1.807, 2.05) is 36.4 Å². The molecular weight excluding hydrogens is 397 g/mol. The molecule has 0 saturated carbocycles. The van der Waals surface area contributed by atoms with Crippen LogP contribution in [0, 0.1) is 0 Å². The van der Waals surface area contributed by atoms with Gasteiger partial charge in [0.25, 0.3) is 5.91 Å². The fraction of sp³-hybridized carbons (Fsp3) is 0.0476. The molecule has 0 aliphatic carbocycles. The molecule has 3 aromatic carbocycles. The first-order valence-corrected chi connectivity index (χ1v) is 9.16. The highest BCUT2D eigenvalue weighted by atomic mass is 35.5. The zero-order valence-corrected chi connectivity index (χ0v) is 16.3. The van der Waals surface area contributed by atoms with Gasteiger partial charge in [-0.1, -0.05) is 66.2 Å². The van der Waals surface area contributed by atoms with Crippen LogP contribution in [0.15, 0.2) is 72.9 Å². The molecule has 7 heteroatoms. The number of hydrogen-bond acceptors (Lipinski definition) is 3. The van der Waals surface area contributed by atoms with E-state index in [-0.39, 0.29) is 18.2 Å². The Morgan fingerprint density at radius 1 is 0.893 bits per heavy atom. The van der Waals surface area contributed by atoms with Crippen molar-refractivity contribution in [2.45, 2.75) is 6.42 Å². The molecule has 0 bridgehead atoms. The molecule has 0 unspecified atom stereocenters. The third kappa shape index (κ3) is 4.82. The highest BCUT2D eigenvalue weighted by Gasteiger charge is 2.11. The van der Waals surface area contributed by atoms with Crippen LogP contribution in [0.5, 0.6) is 0 Å². The largest absolute Gasteiger partial charge is 0.326 e. The summed E-state index contributed by atoms with van der Waals surface area (Å²) in [6, 6.07) is 17.9. The summed E-state index contributed by atoms with van der Waals surface area (Å²) in [5.41, 5.74) is 6.64. The van der Waals surface area contributed by atoms with Crippen molar-refractivity contribution in [3.8, 4) is 0 Å². The Labute approximate surface area is 172 Å². The summed E-state index contributed by atoms with van der Waals surface area (Å²) in [5.74, 6) is -0.627. The van der Waals surface area contributed by atoms with E-state index in [0.29, 0.717) is 27.0 Å². The maximum absolute atomic E-state index is 12.5. The van der Waals surface area contributed by atoms with E-state index in [1.165, 1.54) is 0 Å². The second-order valence-corrected chi connectivity index (χ2v) is 6.88. The highest BCUT2D eigenvalue weighted by Crippen LogP contribution is 2.25. The minimum absolute atomic E-state index is 0.0317. The molecule has 0 atom stereocenters. The predicted molar refractivity (Wildman–Crippen MR) is 113 cm³/mol. The lowest BCUT2D eigenvalue weighted by Crippen LogP contribution is -2.37. The molecule has 0 aromatic heterocycles. The van der Waals surface area contributed by atoms with Gasteiger partial charge in [0.1, 0.15) is 0 Å². The fourth-order valence-corrected chi connectivity index (χ4v) is 2.95. The fourth-order valence-electron chi connectivity index (χ4n) is 2.65. The smallest absolute Gasteiger partial charge is 0.270 e. The van der Waals surface area contributed by atoms with Crippen LogP contribution >= 0.6 is 23.2 Å². The maximum atomic E-state index is 12.5. The van der Waals surface area contributed by atoms with Crippen LogP contribution < -0.4 is 16.2 Å². The van der Waals surface area contributed by atoms with Gasteiger partial charge in [0.2, 0.25) is 5.91 Å². The van der Waals surface area contributed by atoms with Crippen LogP contribution in [0.3, 0.4) is 0 Å². The van der Waals surface area contributed by atoms with E-state index in [9.17, 15) is 9.59 Å². The molecular formula is C21H17Cl2N3O2. The third-order valence-corrected chi connectivity index (χ3v) is 4.70. The van der Waals surface area contributed by atoms with Crippen LogP contribution in [0.1, 0.15) is 16.8 Å². The predicted octanol–water partition coefficient (Wildman–Crippen LogP) is 4.92. The Morgan fingerprint density at radius 2 is 1.64 bits per heavy atom. The number of amides is 2. The first-order chi connectivity index (χ1) is 13.4. The normalized spacial score (nSPS) is 10.4. The number of benzene rings is 3. The van der Waals surface area contributed by atoms with Gasteiger partial charge in [0, 0.05) is 16.9 Å². The monoisotopic (exact) mass is 413 g/mol. The molecule has 0 spiro atoms. The molecule has 3 N–H and O–H groups in total. The van der Waals surface area contributed by atoms with Crippen molar-refractivity contribution >= 4 is 51.5 Å². The SMILES string of the molecule is C=C(CC(=O)Nc1ccc(Cl)c(Cl)c1)NNC(=O)c1cccc2ccccc12. The summed E-state index contributed by atoms with van der Waals surface area (Å²) in [4.78, 5) is 24.6. The summed E-state index contributed by atoms with van der Waals surface area (Å²) in [5, 5.41) is 5.25. The number of anilines is 1. The van der Waals surface area contributed by atoms with Crippen LogP contribution in [-0.2, 0) is 4.79 Å². The lowest BCUT2D eigenvalue weighted by molar-refractivity contribution is -0.115. The first-order valence-electron chi connectivity index (χ1n) is 8.41. The number of halogens is 2. The van der Waals surface area contributed by atoms with Gasteiger partial charge in [-0.3, -0.25) is 15.0 Å². The van der Waals surface area contributed by atoms with E-state index in [0.717, 1.165) is 10.8 Å². The van der Waals surface area contributed by atoms with Gasteiger partial charge in [0.15, 0.2) is 0 Å². The van der Waals surface area contributed by atoms with Gasteiger partial charge < -0.3 is 10.7 Å². The molecule has 3 aromatic rings.